The van der Waals surface area contributed by atoms with Crippen LogP contribution in [0.25, 0.3) is 11.1 Å². The lowest BCUT2D eigenvalue weighted by molar-refractivity contribution is 0.414. The zero-order chi connectivity index (χ0) is 23.9. The lowest BCUT2D eigenvalue weighted by Crippen LogP contribution is -1.96. The minimum Gasteiger partial charge on any atom is -0.508 e. The molecule has 4 heteroatoms. The van der Waals surface area contributed by atoms with Gasteiger partial charge in [-0.1, -0.05) is 36.4 Å². The van der Waals surface area contributed by atoms with Crippen molar-refractivity contribution in [2.24, 2.45) is 0 Å². The molecule has 0 aliphatic rings. The van der Waals surface area contributed by atoms with E-state index in [1.54, 1.807) is 32.4 Å². The van der Waals surface area contributed by atoms with Crippen LogP contribution in [0.5, 0.6) is 23.0 Å². The predicted octanol–water partition coefficient (Wildman–Crippen LogP) is 6.35. The Labute approximate surface area is 201 Å². The van der Waals surface area contributed by atoms with Crippen molar-refractivity contribution in [2.45, 2.75) is 25.7 Å². The van der Waals surface area contributed by atoms with Gasteiger partial charge in [0, 0.05) is 11.1 Å². The molecule has 2 N–H and O–H groups in total. The minimum atomic E-state index is 0.226. The molecule has 0 atom stereocenters. The van der Waals surface area contributed by atoms with Gasteiger partial charge in [-0.15, -0.1) is 0 Å². The molecular weight excluding hydrogens is 424 g/mol. The van der Waals surface area contributed by atoms with Crippen molar-refractivity contribution in [3.05, 3.63) is 107 Å². The molecule has 174 valence electrons. The summed E-state index contributed by atoms with van der Waals surface area (Å²) in [6.07, 6.45) is 3.35. The van der Waals surface area contributed by atoms with Crippen molar-refractivity contribution in [3.63, 3.8) is 0 Å². The van der Waals surface area contributed by atoms with Gasteiger partial charge in [0.25, 0.3) is 0 Å². The van der Waals surface area contributed by atoms with Gasteiger partial charge in [0.05, 0.1) is 14.2 Å². The zero-order valence-electron chi connectivity index (χ0n) is 19.6. The van der Waals surface area contributed by atoms with Gasteiger partial charge < -0.3 is 19.7 Å². The first-order valence-corrected chi connectivity index (χ1v) is 11.5. The average molecular weight is 455 g/mol. The standard InChI is InChI=1S/C30H30O4/c1-33-26-8-4-6-22(18-26)10-12-24-14-16-30(34-2)28(20-24)27-19-23(13-15-29(27)32)11-9-21-5-3-7-25(31)17-21/h3-8,13-20,31-32H,9-12H2,1-2H3. The molecule has 0 saturated carbocycles. The van der Waals surface area contributed by atoms with Crippen molar-refractivity contribution in [3.8, 4) is 34.1 Å². The number of benzene rings is 4. The van der Waals surface area contributed by atoms with Crippen LogP contribution >= 0.6 is 0 Å². The Kier molecular flexibility index (Phi) is 7.38. The normalized spacial score (nSPS) is 10.8. The molecule has 0 unspecified atom stereocenters. The Bertz CT molecular complexity index is 1260. The smallest absolute Gasteiger partial charge is 0.126 e. The molecule has 4 aromatic carbocycles. The monoisotopic (exact) mass is 454 g/mol. The van der Waals surface area contributed by atoms with Crippen molar-refractivity contribution >= 4 is 0 Å². The van der Waals surface area contributed by atoms with Gasteiger partial charge in [0.15, 0.2) is 0 Å². The van der Waals surface area contributed by atoms with E-state index in [-0.39, 0.29) is 11.5 Å². The number of hydrogen-bond donors (Lipinski definition) is 2. The number of aromatic hydroxyl groups is 2. The molecule has 0 radical (unpaired) electrons. The molecule has 0 aromatic heterocycles. The molecular formula is C30H30O4. The van der Waals surface area contributed by atoms with E-state index in [2.05, 4.69) is 24.3 Å². The quantitative estimate of drug-likeness (QED) is 0.309. The van der Waals surface area contributed by atoms with Crippen LogP contribution in [0.2, 0.25) is 0 Å². The number of ether oxygens (including phenoxy) is 2. The first-order chi connectivity index (χ1) is 16.6. The van der Waals surface area contributed by atoms with Crippen LogP contribution in [0.4, 0.5) is 0 Å². The van der Waals surface area contributed by atoms with E-state index in [1.165, 1.54) is 11.1 Å². The second kappa shape index (κ2) is 10.8. The van der Waals surface area contributed by atoms with Gasteiger partial charge in [0.1, 0.15) is 23.0 Å². The van der Waals surface area contributed by atoms with E-state index >= 15 is 0 Å². The Hall–Kier alpha value is -3.92. The molecule has 0 spiro atoms. The number of aryl methyl sites for hydroxylation is 4. The summed E-state index contributed by atoms with van der Waals surface area (Å²) in [7, 11) is 3.33. The Morgan fingerprint density at radius 2 is 1.15 bits per heavy atom. The van der Waals surface area contributed by atoms with Crippen molar-refractivity contribution < 1.29 is 19.7 Å². The molecule has 0 amide bonds. The molecule has 4 nitrogen and oxygen atoms in total. The van der Waals surface area contributed by atoms with Crippen molar-refractivity contribution in [1.29, 1.82) is 0 Å². The zero-order valence-corrected chi connectivity index (χ0v) is 19.6. The Morgan fingerprint density at radius 3 is 1.79 bits per heavy atom. The fourth-order valence-electron chi connectivity index (χ4n) is 4.19. The maximum atomic E-state index is 10.7. The van der Waals surface area contributed by atoms with Crippen molar-refractivity contribution in [1.82, 2.24) is 0 Å². The minimum absolute atomic E-state index is 0.226. The summed E-state index contributed by atoms with van der Waals surface area (Å²) >= 11 is 0. The second-order valence-electron chi connectivity index (χ2n) is 8.41. The summed E-state index contributed by atoms with van der Waals surface area (Å²) in [6, 6.07) is 27.3. The fraction of sp³-hybridized carbons (Fsp3) is 0.200. The Morgan fingerprint density at radius 1 is 0.559 bits per heavy atom. The lowest BCUT2D eigenvalue weighted by atomic mass is 9.95. The van der Waals surface area contributed by atoms with Crippen LogP contribution in [-0.4, -0.2) is 24.4 Å². The van der Waals surface area contributed by atoms with Gasteiger partial charge in [-0.25, -0.2) is 0 Å². The summed E-state index contributed by atoms with van der Waals surface area (Å²) in [5.41, 5.74) is 6.21. The van der Waals surface area contributed by atoms with E-state index in [9.17, 15) is 10.2 Å². The van der Waals surface area contributed by atoms with Gasteiger partial charge >= 0.3 is 0 Å². The lowest BCUT2D eigenvalue weighted by Gasteiger charge is -2.14. The summed E-state index contributed by atoms with van der Waals surface area (Å²) in [6.45, 7) is 0. The third-order valence-electron chi connectivity index (χ3n) is 6.06. The Balaban J connectivity index is 1.56. The van der Waals surface area contributed by atoms with E-state index in [0.717, 1.165) is 59.4 Å². The molecule has 4 rings (SSSR count). The highest BCUT2D eigenvalue weighted by Crippen LogP contribution is 2.37. The van der Waals surface area contributed by atoms with Gasteiger partial charge in [-0.2, -0.15) is 0 Å². The van der Waals surface area contributed by atoms with E-state index in [4.69, 9.17) is 9.47 Å². The van der Waals surface area contributed by atoms with E-state index in [1.807, 2.05) is 42.5 Å². The van der Waals surface area contributed by atoms with Crippen LogP contribution in [0.15, 0.2) is 84.9 Å². The highest BCUT2D eigenvalue weighted by Gasteiger charge is 2.13. The highest BCUT2D eigenvalue weighted by atomic mass is 16.5. The maximum absolute atomic E-state index is 10.7. The molecule has 0 fully saturated rings. The highest BCUT2D eigenvalue weighted by molar-refractivity contribution is 5.76. The van der Waals surface area contributed by atoms with Crippen molar-refractivity contribution in [2.75, 3.05) is 14.2 Å². The van der Waals surface area contributed by atoms with Crippen LogP contribution in [-0.2, 0) is 25.7 Å². The van der Waals surface area contributed by atoms with Crippen LogP contribution in [0, 0.1) is 0 Å². The average Bonchev–Trinajstić information content (AvgIpc) is 2.87. The maximum Gasteiger partial charge on any atom is 0.126 e. The van der Waals surface area contributed by atoms with Crippen LogP contribution in [0.3, 0.4) is 0 Å². The van der Waals surface area contributed by atoms with E-state index < -0.39 is 0 Å². The van der Waals surface area contributed by atoms with Gasteiger partial charge in [-0.3, -0.25) is 0 Å². The molecule has 4 aromatic rings. The summed E-state index contributed by atoms with van der Waals surface area (Å²) in [5.74, 6) is 2.09. The molecule has 0 heterocycles. The number of methoxy groups -OCH3 is 2. The summed E-state index contributed by atoms with van der Waals surface area (Å²) in [5, 5.41) is 20.4. The predicted molar refractivity (Wildman–Crippen MR) is 136 cm³/mol. The first kappa shape index (κ1) is 23.2. The van der Waals surface area contributed by atoms with E-state index in [0.29, 0.717) is 0 Å². The SMILES string of the molecule is COc1cccc(CCc2ccc(OC)c(-c3cc(CCc4cccc(O)c4)ccc3O)c2)c1. The molecule has 34 heavy (non-hydrogen) atoms. The summed E-state index contributed by atoms with van der Waals surface area (Å²) < 4.78 is 11.0. The number of phenolic OH excluding ortho intramolecular Hbond substituents is 2. The largest absolute Gasteiger partial charge is 0.508 e. The topological polar surface area (TPSA) is 58.9 Å². The van der Waals surface area contributed by atoms with Gasteiger partial charge in [-0.05, 0) is 96.5 Å². The van der Waals surface area contributed by atoms with Gasteiger partial charge in [0.2, 0.25) is 0 Å². The second-order valence-corrected chi connectivity index (χ2v) is 8.41. The first-order valence-electron chi connectivity index (χ1n) is 11.5. The molecule has 0 bridgehead atoms. The van der Waals surface area contributed by atoms with Crippen LogP contribution < -0.4 is 9.47 Å². The number of hydrogen-bond acceptors (Lipinski definition) is 4. The molecule has 0 aliphatic carbocycles. The fourth-order valence-corrected chi connectivity index (χ4v) is 4.19. The number of phenols is 2. The third-order valence-corrected chi connectivity index (χ3v) is 6.06. The number of rotatable bonds is 9. The van der Waals surface area contributed by atoms with Crippen LogP contribution in [0.1, 0.15) is 22.3 Å². The summed E-state index contributed by atoms with van der Waals surface area (Å²) in [4.78, 5) is 0. The molecule has 0 aliphatic heterocycles. The molecule has 0 saturated heterocycles. The third kappa shape index (κ3) is 5.70.